The van der Waals surface area contributed by atoms with Gasteiger partial charge < -0.3 is 5.11 Å². The maximum Gasteiger partial charge on any atom is 0.321 e. The topological polar surface area (TPSA) is 107 Å². The van der Waals surface area contributed by atoms with Crippen LogP contribution in [0.15, 0.2) is 24.3 Å². The van der Waals surface area contributed by atoms with E-state index in [2.05, 4.69) is 4.72 Å². The third-order valence-corrected chi connectivity index (χ3v) is 4.67. The first kappa shape index (κ1) is 17.5. The van der Waals surface area contributed by atoms with Crippen molar-refractivity contribution in [2.45, 2.75) is 18.2 Å². The number of carboxylic acid groups (broad SMARTS) is 1. The Kier molecular flexibility index (Phi) is 6.68. The van der Waals surface area contributed by atoms with Crippen molar-refractivity contribution in [1.82, 2.24) is 4.72 Å². The van der Waals surface area contributed by atoms with Crippen molar-refractivity contribution in [1.29, 1.82) is 5.26 Å². The average molecular weight is 328 g/mol. The van der Waals surface area contributed by atoms with Crippen molar-refractivity contribution in [2.24, 2.45) is 0 Å². The van der Waals surface area contributed by atoms with E-state index in [0.29, 0.717) is 16.9 Å². The highest BCUT2D eigenvalue weighted by Gasteiger charge is 2.23. The number of thioether (sulfide) groups is 1. The Bertz CT molecular complexity index is 621. The first-order chi connectivity index (χ1) is 9.88. The number of benzene rings is 1. The molecule has 1 aromatic rings. The van der Waals surface area contributed by atoms with Crippen LogP contribution in [0.2, 0.25) is 0 Å². The van der Waals surface area contributed by atoms with Crippen molar-refractivity contribution in [3.63, 3.8) is 0 Å². The largest absolute Gasteiger partial charge is 0.480 e. The van der Waals surface area contributed by atoms with E-state index in [9.17, 15) is 13.2 Å². The van der Waals surface area contributed by atoms with Crippen LogP contribution >= 0.6 is 11.8 Å². The molecule has 0 radical (unpaired) electrons. The Morgan fingerprint density at radius 1 is 1.43 bits per heavy atom. The summed E-state index contributed by atoms with van der Waals surface area (Å²) < 4.78 is 26.2. The van der Waals surface area contributed by atoms with Crippen LogP contribution in [-0.2, 0) is 20.6 Å². The van der Waals surface area contributed by atoms with Gasteiger partial charge in [0.25, 0.3) is 0 Å². The molecular weight excluding hydrogens is 312 g/mol. The maximum atomic E-state index is 12.0. The van der Waals surface area contributed by atoms with Crippen LogP contribution in [0.1, 0.15) is 17.5 Å². The van der Waals surface area contributed by atoms with E-state index in [1.807, 2.05) is 12.3 Å². The molecule has 0 aliphatic rings. The number of hydrogen-bond donors (Lipinski definition) is 2. The summed E-state index contributed by atoms with van der Waals surface area (Å²) in [5, 5.41) is 17.7. The molecule has 1 atom stereocenters. The van der Waals surface area contributed by atoms with Crippen LogP contribution in [-0.4, -0.2) is 37.5 Å². The van der Waals surface area contributed by atoms with Crippen molar-refractivity contribution in [3.8, 4) is 6.07 Å². The van der Waals surface area contributed by atoms with Gasteiger partial charge in [0.05, 0.1) is 17.4 Å². The standard InChI is InChI=1S/C13H16N2O4S2/c1-20-7-6-12(13(16)17)15-21(18,19)9-11-4-2-10(8-14)3-5-11/h2-5,12,15H,6-7,9H2,1H3,(H,16,17)/t12-/m0/s1. The van der Waals surface area contributed by atoms with Gasteiger partial charge in [-0.1, -0.05) is 12.1 Å². The van der Waals surface area contributed by atoms with Crippen LogP contribution in [0.3, 0.4) is 0 Å². The van der Waals surface area contributed by atoms with Gasteiger partial charge in [-0.15, -0.1) is 0 Å². The Hall–Kier alpha value is -1.56. The Morgan fingerprint density at radius 2 is 2.05 bits per heavy atom. The molecular formula is C13H16N2O4S2. The van der Waals surface area contributed by atoms with E-state index in [4.69, 9.17) is 10.4 Å². The highest BCUT2D eigenvalue weighted by atomic mass is 32.2. The molecule has 1 rings (SSSR count). The molecule has 0 saturated heterocycles. The van der Waals surface area contributed by atoms with Gasteiger partial charge in [0, 0.05) is 0 Å². The first-order valence-electron chi connectivity index (χ1n) is 6.08. The predicted molar refractivity (Wildman–Crippen MR) is 81.3 cm³/mol. The summed E-state index contributed by atoms with van der Waals surface area (Å²) in [6.45, 7) is 0. The molecule has 8 heteroatoms. The fourth-order valence-electron chi connectivity index (χ4n) is 1.62. The van der Waals surface area contributed by atoms with E-state index < -0.39 is 22.0 Å². The minimum atomic E-state index is -3.75. The number of nitrogens with zero attached hydrogens (tertiary/aromatic N) is 1. The number of carboxylic acids is 1. The van der Waals surface area contributed by atoms with Crippen molar-refractivity contribution in [3.05, 3.63) is 35.4 Å². The van der Waals surface area contributed by atoms with E-state index in [0.717, 1.165) is 0 Å². The molecule has 0 bridgehead atoms. The third-order valence-electron chi connectivity index (χ3n) is 2.67. The highest BCUT2D eigenvalue weighted by Crippen LogP contribution is 2.09. The highest BCUT2D eigenvalue weighted by molar-refractivity contribution is 7.98. The number of nitriles is 1. The van der Waals surface area contributed by atoms with Gasteiger partial charge in [-0.05, 0) is 36.1 Å². The minimum absolute atomic E-state index is 0.225. The molecule has 21 heavy (non-hydrogen) atoms. The van der Waals surface area contributed by atoms with Crippen molar-refractivity contribution in [2.75, 3.05) is 12.0 Å². The summed E-state index contributed by atoms with van der Waals surface area (Å²) >= 11 is 1.45. The molecule has 0 fully saturated rings. The quantitative estimate of drug-likeness (QED) is 0.742. The van der Waals surface area contributed by atoms with E-state index in [1.165, 1.54) is 36.0 Å². The van der Waals surface area contributed by atoms with Gasteiger partial charge in [-0.2, -0.15) is 17.0 Å². The van der Waals surface area contributed by atoms with Crippen LogP contribution in [0, 0.1) is 11.3 Å². The van der Waals surface area contributed by atoms with Crippen molar-refractivity contribution >= 4 is 27.8 Å². The van der Waals surface area contributed by atoms with Gasteiger partial charge >= 0.3 is 5.97 Å². The Morgan fingerprint density at radius 3 is 2.52 bits per heavy atom. The third kappa shape index (κ3) is 6.16. The molecule has 0 saturated carbocycles. The van der Waals surface area contributed by atoms with E-state index in [1.54, 1.807) is 0 Å². The number of aliphatic carboxylic acids is 1. The second-order valence-corrected chi connectivity index (χ2v) is 7.10. The smallest absolute Gasteiger partial charge is 0.321 e. The lowest BCUT2D eigenvalue weighted by Crippen LogP contribution is -2.41. The number of hydrogen-bond acceptors (Lipinski definition) is 5. The fraction of sp³-hybridized carbons (Fsp3) is 0.385. The lowest BCUT2D eigenvalue weighted by molar-refractivity contribution is -0.139. The summed E-state index contributed by atoms with van der Waals surface area (Å²) in [5.74, 6) is -0.953. The van der Waals surface area contributed by atoms with Gasteiger partial charge in [0.1, 0.15) is 6.04 Å². The number of sulfonamides is 1. The zero-order chi connectivity index (χ0) is 15.9. The molecule has 6 nitrogen and oxygen atoms in total. The molecule has 1 aromatic carbocycles. The second-order valence-electron chi connectivity index (χ2n) is 4.36. The van der Waals surface area contributed by atoms with Crippen LogP contribution in [0.5, 0.6) is 0 Å². The molecule has 114 valence electrons. The summed E-state index contributed by atoms with van der Waals surface area (Å²) in [5.41, 5.74) is 0.933. The van der Waals surface area contributed by atoms with Gasteiger partial charge in [-0.3, -0.25) is 4.79 Å². The average Bonchev–Trinajstić information content (AvgIpc) is 2.43. The lowest BCUT2D eigenvalue weighted by atomic mass is 10.2. The normalized spacial score (nSPS) is 12.6. The molecule has 0 amide bonds. The molecule has 0 aliphatic heterocycles. The number of nitrogens with one attached hydrogen (secondary N) is 1. The van der Waals surface area contributed by atoms with E-state index >= 15 is 0 Å². The number of rotatable bonds is 8. The molecule has 0 heterocycles. The molecule has 0 unspecified atom stereocenters. The molecule has 0 aliphatic carbocycles. The van der Waals surface area contributed by atoms with Crippen molar-refractivity contribution < 1.29 is 18.3 Å². The molecule has 0 aromatic heterocycles. The molecule has 2 N–H and O–H groups in total. The summed E-state index contributed by atoms with van der Waals surface area (Å²) in [4.78, 5) is 11.0. The SMILES string of the molecule is CSCC[C@H](NS(=O)(=O)Cc1ccc(C#N)cc1)C(=O)O. The monoisotopic (exact) mass is 328 g/mol. The van der Waals surface area contributed by atoms with E-state index in [-0.39, 0.29) is 12.2 Å². The predicted octanol–water partition coefficient (Wildman–Crippen LogP) is 1.18. The summed E-state index contributed by atoms with van der Waals surface area (Å²) in [7, 11) is -3.75. The first-order valence-corrected chi connectivity index (χ1v) is 9.13. The zero-order valence-electron chi connectivity index (χ0n) is 11.4. The zero-order valence-corrected chi connectivity index (χ0v) is 13.1. The summed E-state index contributed by atoms with van der Waals surface area (Å²) in [6, 6.07) is 6.93. The number of carbonyl (C=O) groups is 1. The fourth-order valence-corrected chi connectivity index (χ4v) is 3.46. The van der Waals surface area contributed by atoms with Crippen LogP contribution < -0.4 is 4.72 Å². The summed E-state index contributed by atoms with van der Waals surface area (Å²) in [6.07, 6.45) is 2.05. The Labute approximate surface area is 128 Å². The lowest BCUT2D eigenvalue weighted by Gasteiger charge is -2.14. The van der Waals surface area contributed by atoms with Gasteiger partial charge in [0.2, 0.25) is 10.0 Å². The Balaban J connectivity index is 2.75. The van der Waals surface area contributed by atoms with Crippen LogP contribution in [0.4, 0.5) is 0 Å². The maximum absolute atomic E-state index is 12.0. The minimum Gasteiger partial charge on any atom is -0.480 e. The second kappa shape index (κ2) is 8.02. The van der Waals surface area contributed by atoms with Gasteiger partial charge in [0.15, 0.2) is 0 Å². The van der Waals surface area contributed by atoms with Crippen LogP contribution in [0.25, 0.3) is 0 Å². The molecule has 0 spiro atoms. The van der Waals surface area contributed by atoms with Gasteiger partial charge in [-0.25, -0.2) is 13.1 Å².